The maximum atomic E-state index is 11.8. The third-order valence-corrected chi connectivity index (χ3v) is 3.57. The lowest BCUT2D eigenvalue weighted by atomic mass is 10.2. The summed E-state index contributed by atoms with van der Waals surface area (Å²) in [5.74, 6) is -0.0710. The lowest BCUT2D eigenvalue weighted by molar-refractivity contribution is -0.136. The SMILES string of the molecule is O=C(CN1CCCCCC1=O)NC1(CO)CC1. The van der Waals surface area contributed by atoms with Crippen LogP contribution in [0.5, 0.6) is 0 Å². The first-order chi connectivity index (χ1) is 8.15. The Morgan fingerprint density at radius 2 is 2.12 bits per heavy atom. The molecule has 2 N–H and O–H groups in total. The van der Waals surface area contributed by atoms with Gasteiger partial charge in [0, 0.05) is 13.0 Å². The third kappa shape index (κ3) is 3.19. The molecule has 96 valence electrons. The van der Waals surface area contributed by atoms with Crippen LogP contribution in [0.25, 0.3) is 0 Å². The number of nitrogens with one attached hydrogen (secondary N) is 1. The van der Waals surface area contributed by atoms with Crippen LogP contribution in [0.1, 0.15) is 38.5 Å². The van der Waals surface area contributed by atoms with Crippen LogP contribution < -0.4 is 5.32 Å². The number of aliphatic hydroxyl groups is 1. The molecule has 1 saturated heterocycles. The van der Waals surface area contributed by atoms with Gasteiger partial charge in [0.2, 0.25) is 11.8 Å². The lowest BCUT2D eigenvalue weighted by Crippen LogP contribution is -2.46. The second-order valence-corrected chi connectivity index (χ2v) is 5.11. The van der Waals surface area contributed by atoms with Crippen LogP contribution >= 0.6 is 0 Å². The Bertz CT molecular complexity index is 313. The Morgan fingerprint density at radius 3 is 2.76 bits per heavy atom. The molecule has 1 saturated carbocycles. The van der Waals surface area contributed by atoms with Crippen molar-refractivity contribution >= 4 is 11.8 Å². The molecule has 0 aromatic carbocycles. The highest BCUT2D eigenvalue weighted by Crippen LogP contribution is 2.34. The summed E-state index contributed by atoms with van der Waals surface area (Å²) in [5.41, 5.74) is -0.383. The minimum absolute atomic E-state index is 0.00726. The van der Waals surface area contributed by atoms with Gasteiger partial charge in [-0.1, -0.05) is 6.42 Å². The summed E-state index contributed by atoms with van der Waals surface area (Å²) in [5, 5.41) is 11.9. The van der Waals surface area contributed by atoms with Crippen molar-refractivity contribution in [1.29, 1.82) is 0 Å². The van der Waals surface area contributed by atoms with Crippen LogP contribution in [0.3, 0.4) is 0 Å². The molecule has 5 heteroatoms. The zero-order valence-electron chi connectivity index (χ0n) is 10.1. The highest BCUT2D eigenvalue weighted by atomic mass is 16.3. The van der Waals surface area contributed by atoms with Crippen molar-refractivity contribution in [1.82, 2.24) is 10.2 Å². The minimum Gasteiger partial charge on any atom is -0.394 e. The fraction of sp³-hybridized carbons (Fsp3) is 0.833. The molecule has 0 bridgehead atoms. The van der Waals surface area contributed by atoms with Crippen molar-refractivity contribution in [2.75, 3.05) is 19.7 Å². The van der Waals surface area contributed by atoms with Gasteiger partial charge in [-0.05, 0) is 25.7 Å². The monoisotopic (exact) mass is 240 g/mol. The number of aliphatic hydroxyl groups excluding tert-OH is 1. The van der Waals surface area contributed by atoms with Gasteiger partial charge in [-0.15, -0.1) is 0 Å². The van der Waals surface area contributed by atoms with Crippen LogP contribution in [-0.2, 0) is 9.59 Å². The number of rotatable bonds is 4. The molecule has 0 aromatic heterocycles. The van der Waals surface area contributed by atoms with Crippen molar-refractivity contribution in [2.45, 2.75) is 44.1 Å². The van der Waals surface area contributed by atoms with Crippen LogP contribution in [0.15, 0.2) is 0 Å². The standard InChI is InChI=1S/C12H20N2O3/c15-9-12(5-6-12)13-10(16)8-14-7-3-1-2-4-11(14)17/h15H,1-9H2,(H,13,16). The maximum absolute atomic E-state index is 11.8. The predicted molar refractivity (Wildman–Crippen MR) is 62.2 cm³/mol. The zero-order valence-corrected chi connectivity index (χ0v) is 10.1. The fourth-order valence-corrected chi connectivity index (χ4v) is 2.19. The van der Waals surface area contributed by atoms with Gasteiger partial charge < -0.3 is 15.3 Å². The van der Waals surface area contributed by atoms with Crippen molar-refractivity contribution in [3.63, 3.8) is 0 Å². The maximum Gasteiger partial charge on any atom is 0.240 e. The van der Waals surface area contributed by atoms with E-state index in [9.17, 15) is 9.59 Å². The van der Waals surface area contributed by atoms with E-state index in [1.807, 2.05) is 0 Å². The molecule has 0 radical (unpaired) electrons. The highest BCUT2D eigenvalue weighted by molar-refractivity contribution is 5.85. The van der Waals surface area contributed by atoms with Gasteiger partial charge in [0.05, 0.1) is 18.7 Å². The Balaban J connectivity index is 1.82. The number of carbonyl (C=O) groups is 2. The van der Waals surface area contributed by atoms with Gasteiger partial charge in [0.1, 0.15) is 0 Å². The molecule has 0 aromatic rings. The Hall–Kier alpha value is -1.10. The van der Waals surface area contributed by atoms with Gasteiger partial charge in [-0.25, -0.2) is 0 Å². The molecule has 0 spiro atoms. The highest BCUT2D eigenvalue weighted by Gasteiger charge is 2.43. The molecule has 1 aliphatic heterocycles. The molecule has 2 fully saturated rings. The molecule has 2 rings (SSSR count). The van der Waals surface area contributed by atoms with E-state index < -0.39 is 0 Å². The zero-order chi connectivity index (χ0) is 12.3. The summed E-state index contributed by atoms with van der Waals surface area (Å²) in [6.45, 7) is 0.811. The smallest absolute Gasteiger partial charge is 0.240 e. The van der Waals surface area contributed by atoms with Gasteiger partial charge in [0.25, 0.3) is 0 Å². The van der Waals surface area contributed by atoms with E-state index in [1.54, 1.807) is 4.90 Å². The minimum atomic E-state index is -0.383. The molecule has 2 amide bonds. The average molecular weight is 240 g/mol. The number of nitrogens with zero attached hydrogens (tertiary/aromatic N) is 1. The van der Waals surface area contributed by atoms with Gasteiger partial charge in [0.15, 0.2) is 0 Å². The quantitative estimate of drug-likeness (QED) is 0.728. The average Bonchev–Trinajstić information content (AvgIpc) is 3.08. The van der Waals surface area contributed by atoms with Crippen LogP contribution in [-0.4, -0.2) is 47.1 Å². The Kier molecular flexibility index (Phi) is 3.66. The summed E-state index contributed by atoms with van der Waals surface area (Å²) >= 11 is 0. The first-order valence-corrected chi connectivity index (χ1v) is 6.35. The van der Waals surface area contributed by atoms with E-state index in [4.69, 9.17) is 5.11 Å². The topological polar surface area (TPSA) is 69.6 Å². The summed E-state index contributed by atoms with van der Waals surface area (Å²) < 4.78 is 0. The normalized spacial score (nSPS) is 23.1. The molecule has 1 aliphatic carbocycles. The molecule has 0 unspecified atom stereocenters. The molecular weight excluding hydrogens is 220 g/mol. The van der Waals surface area contributed by atoms with Crippen molar-refractivity contribution in [3.8, 4) is 0 Å². The van der Waals surface area contributed by atoms with Gasteiger partial charge >= 0.3 is 0 Å². The molecule has 2 aliphatic rings. The first kappa shape index (κ1) is 12.4. The van der Waals surface area contributed by atoms with Crippen LogP contribution in [0.2, 0.25) is 0 Å². The molecule has 0 atom stereocenters. The molecule has 17 heavy (non-hydrogen) atoms. The first-order valence-electron chi connectivity index (χ1n) is 6.35. The van der Waals surface area contributed by atoms with E-state index in [1.165, 1.54) is 0 Å². The van der Waals surface area contributed by atoms with Crippen LogP contribution in [0.4, 0.5) is 0 Å². The fourth-order valence-electron chi connectivity index (χ4n) is 2.19. The molecule has 1 heterocycles. The van der Waals surface area contributed by atoms with Crippen LogP contribution in [0, 0.1) is 0 Å². The Morgan fingerprint density at radius 1 is 1.35 bits per heavy atom. The summed E-state index contributed by atoms with van der Waals surface area (Å²) in [6.07, 6.45) is 5.19. The van der Waals surface area contributed by atoms with Crippen molar-refractivity contribution in [2.24, 2.45) is 0 Å². The van der Waals surface area contributed by atoms with E-state index >= 15 is 0 Å². The number of hydrogen-bond donors (Lipinski definition) is 2. The molecule has 5 nitrogen and oxygen atoms in total. The van der Waals surface area contributed by atoms with E-state index in [-0.39, 0.29) is 30.5 Å². The summed E-state index contributed by atoms with van der Waals surface area (Å²) in [6, 6.07) is 0. The Labute approximate surface area is 101 Å². The van der Waals surface area contributed by atoms with E-state index in [0.29, 0.717) is 13.0 Å². The summed E-state index contributed by atoms with van der Waals surface area (Å²) in [7, 11) is 0. The van der Waals surface area contributed by atoms with Gasteiger partial charge in [-0.3, -0.25) is 9.59 Å². The van der Waals surface area contributed by atoms with E-state index in [0.717, 1.165) is 32.1 Å². The second-order valence-electron chi connectivity index (χ2n) is 5.11. The number of carbonyl (C=O) groups excluding carboxylic acids is 2. The van der Waals surface area contributed by atoms with Crippen molar-refractivity contribution < 1.29 is 14.7 Å². The number of likely N-dealkylation sites (tertiary alicyclic amines) is 1. The molecular formula is C12H20N2O3. The van der Waals surface area contributed by atoms with Crippen molar-refractivity contribution in [3.05, 3.63) is 0 Å². The van der Waals surface area contributed by atoms with E-state index in [2.05, 4.69) is 5.32 Å². The third-order valence-electron chi connectivity index (χ3n) is 3.57. The number of amides is 2. The predicted octanol–water partition coefficient (Wildman–Crippen LogP) is 0.0301. The second kappa shape index (κ2) is 5.04. The lowest BCUT2D eigenvalue weighted by Gasteiger charge is -2.22. The largest absolute Gasteiger partial charge is 0.394 e. The summed E-state index contributed by atoms with van der Waals surface area (Å²) in [4.78, 5) is 25.1. The number of hydrogen-bond acceptors (Lipinski definition) is 3. The van der Waals surface area contributed by atoms with Gasteiger partial charge in [-0.2, -0.15) is 0 Å².